The summed E-state index contributed by atoms with van der Waals surface area (Å²) in [5.74, 6) is 0. The first-order chi connectivity index (χ1) is 6.84. The Labute approximate surface area is 104 Å². The minimum absolute atomic E-state index is 0. The third-order valence-corrected chi connectivity index (χ3v) is 2.00. The van der Waals surface area contributed by atoms with E-state index >= 15 is 0 Å². The minimum Gasteiger partial charge on any atom is -0.264 e. The molecule has 2 bridgehead atoms. The van der Waals surface area contributed by atoms with Crippen molar-refractivity contribution in [1.82, 2.24) is 0 Å². The zero-order valence-corrected chi connectivity index (χ0v) is 11.0. The van der Waals surface area contributed by atoms with Gasteiger partial charge in [0.05, 0.1) is 0 Å². The average molecular weight is 238 g/mol. The molecule has 0 saturated carbocycles. The van der Waals surface area contributed by atoms with Crippen LogP contribution in [0, 0.1) is 0 Å². The van der Waals surface area contributed by atoms with E-state index in [2.05, 4.69) is 36.2 Å². The predicted molar refractivity (Wildman–Crippen MR) is 63.5 cm³/mol. The van der Waals surface area contributed by atoms with E-state index in [0.717, 1.165) is 6.42 Å². The van der Waals surface area contributed by atoms with Crippen LogP contribution in [0.3, 0.4) is 0 Å². The van der Waals surface area contributed by atoms with Crippen LogP contribution in [0.2, 0.25) is 0 Å². The monoisotopic (exact) mass is 238 g/mol. The van der Waals surface area contributed by atoms with Crippen LogP contribution >= 0.6 is 0 Å². The summed E-state index contributed by atoms with van der Waals surface area (Å²) < 4.78 is 0. The summed E-state index contributed by atoms with van der Waals surface area (Å²) in [7, 11) is 0. The Hall–Kier alpha value is -0.786. The van der Waals surface area contributed by atoms with E-state index < -0.39 is 0 Å². The number of rotatable bonds is 0. The molecular formula is C13H17NV. The molecule has 0 saturated heterocycles. The summed E-state index contributed by atoms with van der Waals surface area (Å²) in [6.45, 7) is 6.11. The summed E-state index contributed by atoms with van der Waals surface area (Å²) in [4.78, 5) is 4.15. The summed E-state index contributed by atoms with van der Waals surface area (Å²) >= 11 is 0. The SMILES string of the molecule is CC.CC1=CC2=CN=CC=C(C=C1)C2.[V]. The molecule has 0 aromatic rings. The zero-order valence-electron chi connectivity index (χ0n) is 9.57. The van der Waals surface area contributed by atoms with E-state index in [1.807, 2.05) is 26.3 Å². The van der Waals surface area contributed by atoms with Crippen LogP contribution in [-0.2, 0) is 18.6 Å². The van der Waals surface area contributed by atoms with Gasteiger partial charge in [0.25, 0.3) is 0 Å². The van der Waals surface area contributed by atoms with E-state index in [1.54, 1.807) is 0 Å². The van der Waals surface area contributed by atoms with Crippen molar-refractivity contribution in [2.45, 2.75) is 27.2 Å². The topological polar surface area (TPSA) is 12.4 Å². The molecule has 1 nitrogen and oxygen atoms in total. The second-order valence-corrected chi connectivity index (χ2v) is 3.14. The molecule has 0 spiro atoms. The Morgan fingerprint density at radius 3 is 2.60 bits per heavy atom. The maximum Gasteiger partial charge on any atom is 0.0303 e. The summed E-state index contributed by atoms with van der Waals surface area (Å²) in [6.07, 6.45) is 13.3. The first-order valence-corrected chi connectivity index (χ1v) is 5.12. The maximum atomic E-state index is 4.15. The molecule has 0 unspecified atom stereocenters. The molecule has 2 aliphatic rings. The fourth-order valence-corrected chi connectivity index (χ4v) is 1.40. The Morgan fingerprint density at radius 1 is 1.13 bits per heavy atom. The molecule has 2 rings (SSSR count). The van der Waals surface area contributed by atoms with Crippen LogP contribution < -0.4 is 0 Å². The molecule has 0 aromatic heterocycles. The number of nitrogens with zero attached hydrogens (tertiary/aromatic N) is 1. The van der Waals surface area contributed by atoms with E-state index in [1.165, 1.54) is 16.7 Å². The van der Waals surface area contributed by atoms with Gasteiger partial charge >= 0.3 is 0 Å². The molecule has 79 valence electrons. The number of fused-ring (bicyclic) bond motifs is 2. The summed E-state index contributed by atoms with van der Waals surface area (Å²) in [6, 6.07) is 0. The van der Waals surface area contributed by atoms with Gasteiger partial charge < -0.3 is 0 Å². The predicted octanol–water partition coefficient (Wildman–Crippen LogP) is 3.81. The molecular weight excluding hydrogens is 221 g/mol. The first kappa shape index (κ1) is 14.2. The van der Waals surface area contributed by atoms with Gasteiger partial charge in [-0.25, -0.2) is 0 Å². The molecule has 0 atom stereocenters. The van der Waals surface area contributed by atoms with Gasteiger partial charge in [0, 0.05) is 31.0 Å². The molecule has 2 heteroatoms. The fourth-order valence-electron chi connectivity index (χ4n) is 1.40. The van der Waals surface area contributed by atoms with Crippen LogP contribution in [-0.4, -0.2) is 6.21 Å². The quantitative estimate of drug-likeness (QED) is 0.608. The van der Waals surface area contributed by atoms with Crippen LogP contribution in [0.4, 0.5) is 0 Å². The van der Waals surface area contributed by atoms with Gasteiger partial charge in [-0.1, -0.05) is 37.6 Å². The van der Waals surface area contributed by atoms with Gasteiger partial charge in [-0.05, 0) is 30.6 Å². The number of hydrogen-bond donors (Lipinski definition) is 0. The summed E-state index contributed by atoms with van der Waals surface area (Å²) in [5.41, 5.74) is 3.91. The minimum atomic E-state index is 0. The van der Waals surface area contributed by atoms with Gasteiger partial charge in [-0.15, -0.1) is 0 Å². The van der Waals surface area contributed by atoms with Gasteiger partial charge in [0.2, 0.25) is 0 Å². The molecule has 0 fully saturated rings. The van der Waals surface area contributed by atoms with E-state index in [9.17, 15) is 0 Å². The normalized spacial score (nSPS) is 16.9. The van der Waals surface area contributed by atoms with Crippen molar-refractivity contribution in [3.8, 4) is 0 Å². The Morgan fingerprint density at radius 2 is 1.87 bits per heavy atom. The van der Waals surface area contributed by atoms with E-state index in [4.69, 9.17) is 0 Å². The van der Waals surface area contributed by atoms with Crippen molar-refractivity contribution in [2.24, 2.45) is 4.99 Å². The fraction of sp³-hybridized carbons (Fsp3) is 0.308. The van der Waals surface area contributed by atoms with Crippen molar-refractivity contribution in [3.05, 3.63) is 47.2 Å². The van der Waals surface area contributed by atoms with Gasteiger partial charge in [-0.3, -0.25) is 4.99 Å². The Bertz CT molecular complexity index is 344. The van der Waals surface area contributed by atoms with Crippen LogP contribution in [0.25, 0.3) is 0 Å². The van der Waals surface area contributed by atoms with Gasteiger partial charge in [-0.2, -0.15) is 0 Å². The van der Waals surface area contributed by atoms with Gasteiger partial charge in [0.1, 0.15) is 0 Å². The molecule has 1 aliphatic heterocycles. The first-order valence-electron chi connectivity index (χ1n) is 5.12. The number of hydrogen-bond acceptors (Lipinski definition) is 1. The van der Waals surface area contributed by atoms with Crippen molar-refractivity contribution >= 4 is 6.21 Å². The molecule has 0 amide bonds. The smallest absolute Gasteiger partial charge is 0.0303 e. The van der Waals surface area contributed by atoms with Crippen molar-refractivity contribution < 1.29 is 18.6 Å². The van der Waals surface area contributed by atoms with Gasteiger partial charge in [0.15, 0.2) is 0 Å². The molecule has 1 aliphatic carbocycles. The third kappa shape index (κ3) is 4.50. The number of allylic oxidation sites excluding steroid dienone is 7. The maximum absolute atomic E-state index is 4.15. The van der Waals surface area contributed by atoms with Crippen molar-refractivity contribution in [1.29, 1.82) is 0 Å². The summed E-state index contributed by atoms with van der Waals surface area (Å²) in [5, 5.41) is 0. The third-order valence-electron chi connectivity index (χ3n) is 2.00. The van der Waals surface area contributed by atoms with Crippen molar-refractivity contribution in [2.75, 3.05) is 0 Å². The molecule has 1 radical (unpaired) electrons. The Kier molecular flexibility index (Phi) is 7.11. The molecule has 0 N–H and O–H groups in total. The van der Waals surface area contributed by atoms with E-state index in [0.29, 0.717) is 0 Å². The molecule has 15 heavy (non-hydrogen) atoms. The van der Waals surface area contributed by atoms with Crippen molar-refractivity contribution in [3.63, 3.8) is 0 Å². The standard InChI is InChI=1S/C11H11N.C2H6.V/c1-9-2-3-10-4-5-12-8-11(6-9)7-10;1-2;/h2-6,8H,7H2,1H3;1-2H3;. The largest absolute Gasteiger partial charge is 0.264 e. The molecule has 0 aromatic carbocycles. The van der Waals surface area contributed by atoms with Crippen LogP contribution in [0.15, 0.2) is 52.2 Å². The number of aliphatic imine (C=N–C) groups is 1. The second-order valence-electron chi connectivity index (χ2n) is 3.14. The Balaban J connectivity index is 0.000000617. The second kappa shape index (κ2) is 7.50. The van der Waals surface area contributed by atoms with Crippen LogP contribution in [0.1, 0.15) is 27.2 Å². The zero-order chi connectivity index (χ0) is 10.4. The molecule has 1 heterocycles. The van der Waals surface area contributed by atoms with E-state index in [-0.39, 0.29) is 18.6 Å². The van der Waals surface area contributed by atoms with Crippen LogP contribution in [0.5, 0.6) is 0 Å². The average Bonchev–Trinajstić information content (AvgIpc) is 2.53.